The fourth-order valence-electron chi connectivity index (χ4n) is 4.04. The third kappa shape index (κ3) is 6.31. The highest BCUT2D eigenvalue weighted by Gasteiger charge is 2.38. The number of halogens is 3. The maximum absolute atomic E-state index is 14.4. The standard InChI is InChI=1S/C25H28F3N3O4S2/c1-24(2,3)34-23(32)31-13-11-16(12-14-31)30-36-19-15-29-22-20(37(33)17-7-5-4-6-8-17)10-9-18(21(19)22)25(26,27)35-28/h4-10,15-16,29-30H,11-14H2,1-3H3. The summed E-state index contributed by atoms with van der Waals surface area (Å²) in [5, 5.41) is 0.0214. The van der Waals surface area contributed by atoms with Gasteiger partial charge < -0.3 is 14.6 Å². The van der Waals surface area contributed by atoms with Crippen molar-refractivity contribution < 1.29 is 32.0 Å². The number of carbonyl (C=O) groups excluding carboxylic acids is 1. The number of fused-ring (bicyclic) bond motifs is 1. The Morgan fingerprint density at radius 1 is 1.14 bits per heavy atom. The first-order valence-corrected chi connectivity index (χ1v) is 13.7. The van der Waals surface area contributed by atoms with E-state index in [4.69, 9.17) is 4.74 Å². The molecule has 0 saturated carbocycles. The van der Waals surface area contributed by atoms with Gasteiger partial charge in [0.05, 0.1) is 26.8 Å². The number of carbonyl (C=O) groups is 1. The number of nitrogens with one attached hydrogen (secondary N) is 2. The lowest BCUT2D eigenvalue weighted by Crippen LogP contribution is -2.45. The smallest absolute Gasteiger partial charge is 0.413 e. The van der Waals surface area contributed by atoms with Crippen molar-refractivity contribution >= 4 is 39.7 Å². The van der Waals surface area contributed by atoms with E-state index in [-0.39, 0.29) is 27.9 Å². The Kier molecular flexibility index (Phi) is 8.22. The van der Waals surface area contributed by atoms with Crippen LogP contribution in [0.2, 0.25) is 0 Å². The van der Waals surface area contributed by atoms with Crippen molar-refractivity contribution in [2.45, 2.75) is 66.1 Å². The molecule has 0 radical (unpaired) electrons. The molecule has 0 bridgehead atoms. The van der Waals surface area contributed by atoms with Gasteiger partial charge in [-0.15, -0.1) is 4.94 Å². The second-order valence-electron chi connectivity index (χ2n) is 9.65. The monoisotopic (exact) mass is 555 g/mol. The van der Waals surface area contributed by atoms with Crippen LogP contribution in [0.25, 0.3) is 10.9 Å². The second kappa shape index (κ2) is 11.1. The minimum absolute atomic E-state index is 0.00310. The van der Waals surface area contributed by atoms with E-state index in [1.165, 1.54) is 12.3 Å². The quantitative estimate of drug-likeness (QED) is 0.334. The van der Waals surface area contributed by atoms with Gasteiger partial charge >= 0.3 is 12.2 Å². The molecular weight excluding hydrogens is 527 g/mol. The van der Waals surface area contributed by atoms with Crippen LogP contribution in [0.4, 0.5) is 18.1 Å². The lowest BCUT2D eigenvalue weighted by Gasteiger charge is -2.33. The zero-order valence-electron chi connectivity index (χ0n) is 20.6. The summed E-state index contributed by atoms with van der Waals surface area (Å²) in [5.74, 6) is 0. The zero-order chi connectivity index (χ0) is 26.8. The first-order chi connectivity index (χ1) is 17.5. The summed E-state index contributed by atoms with van der Waals surface area (Å²) >= 11 is 1.11. The van der Waals surface area contributed by atoms with Crippen LogP contribution in [0.5, 0.6) is 0 Å². The van der Waals surface area contributed by atoms with E-state index in [9.17, 15) is 22.3 Å². The molecule has 37 heavy (non-hydrogen) atoms. The number of aromatic amines is 1. The Bertz CT molecular complexity index is 1270. The van der Waals surface area contributed by atoms with Crippen LogP contribution in [0.15, 0.2) is 63.3 Å². The number of ether oxygens (including phenoxy) is 1. The molecule has 1 atom stereocenters. The number of aromatic nitrogens is 1. The van der Waals surface area contributed by atoms with E-state index >= 15 is 0 Å². The third-order valence-corrected chi connectivity index (χ3v) is 8.24. The van der Waals surface area contributed by atoms with Gasteiger partial charge in [-0.25, -0.2) is 9.00 Å². The predicted octanol–water partition coefficient (Wildman–Crippen LogP) is 6.28. The SMILES string of the molecule is CC(C)(C)OC(=O)N1CCC(NSc2c[nH]c3c(S(=O)c4ccccc4)ccc(C(F)(F)OF)c23)CC1. The van der Waals surface area contributed by atoms with Gasteiger partial charge in [-0.3, -0.25) is 4.72 Å². The number of alkyl halides is 2. The second-order valence-corrected chi connectivity index (χ2v) is 12.0. The van der Waals surface area contributed by atoms with E-state index in [1.807, 2.05) is 20.8 Å². The molecule has 1 amide bonds. The highest BCUT2D eigenvalue weighted by molar-refractivity contribution is 7.97. The molecule has 2 heterocycles. The lowest BCUT2D eigenvalue weighted by molar-refractivity contribution is -0.363. The molecule has 12 heteroatoms. The molecule has 0 spiro atoms. The summed E-state index contributed by atoms with van der Waals surface area (Å²) in [4.78, 5) is 21.1. The Balaban J connectivity index is 1.54. The number of hydrogen-bond donors (Lipinski definition) is 2. The van der Waals surface area contributed by atoms with E-state index in [0.717, 1.165) is 18.0 Å². The molecule has 2 N–H and O–H groups in total. The van der Waals surface area contributed by atoms with Crippen molar-refractivity contribution in [3.05, 3.63) is 54.2 Å². The number of hydrogen-bond acceptors (Lipinski definition) is 6. The van der Waals surface area contributed by atoms with Crippen molar-refractivity contribution in [1.29, 1.82) is 0 Å². The van der Waals surface area contributed by atoms with Crippen LogP contribution in [0.3, 0.4) is 0 Å². The van der Waals surface area contributed by atoms with Crippen molar-refractivity contribution in [3.8, 4) is 0 Å². The van der Waals surface area contributed by atoms with E-state index in [0.29, 0.717) is 35.7 Å². The van der Waals surface area contributed by atoms with Crippen LogP contribution in [0.1, 0.15) is 39.2 Å². The van der Waals surface area contributed by atoms with Gasteiger partial charge in [0.2, 0.25) is 0 Å². The van der Waals surface area contributed by atoms with E-state index in [1.54, 1.807) is 35.2 Å². The summed E-state index contributed by atoms with van der Waals surface area (Å²) in [6.45, 7) is 6.40. The highest BCUT2D eigenvalue weighted by Crippen LogP contribution is 2.41. The molecular formula is C25H28F3N3O4S2. The minimum atomic E-state index is -4.19. The highest BCUT2D eigenvalue weighted by atomic mass is 32.2. The van der Waals surface area contributed by atoms with Gasteiger partial charge in [0.1, 0.15) is 5.60 Å². The van der Waals surface area contributed by atoms with Crippen molar-refractivity contribution in [1.82, 2.24) is 14.6 Å². The summed E-state index contributed by atoms with van der Waals surface area (Å²) < 4.78 is 63.5. The molecule has 1 aromatic heterocycles. The van der Waals surface area contributed by atoms with Gasteiger partial charge in [0, 0.05) is 40.5 Å². The molecule has 1 unspecified atom stereocenters. The summed E-state index contributed by atoms with van der Waals surface area (Å²) in [5.41, 5.74) is -1.05. The van der Waals surface area contributed by atoms with E-state index in [2.05, 4.69) is 14.6 Å². The molecule has 200 valence electrons. The van der Waals surface area contributed by atoms with Gasteiger partial charge in [0.25, 0.3) is 0 Å². The molecule has 2 aromatic carbocycles. The number of piperidine rings is 1. The van der Waals surface area contributed by atoms with Crippen LogP contribution < -0.4 is 4.72 Å². The number of likely N-dealkylation sites (tertiary alicyclic amines) is 1. The van der Waals surface area contributed by atoms with E-state index < -0.39 is 28.1 Å². The van der Waals surface area contributed by atoms with Crippen LogP contribution in [-0.4, -0.2) is 44.9 Å². The number of H-pyrrole nitrogens is 1. The summed E-state index contributed by atoms with van der Waals surface area (Å²) in [6, 6.07) is 10.9. The van der Waals surface area contributed by atoms with Crippen molar-refractivity contribution in [2.24, 2.45) is 0 Å². The largest absolute Gasteiger partial charge is 0.444 e. The van der Waals surface area contributed by atoms with Gasteiger partial charge in [-0.05, 0) is 74.4 Å². The third-order valence-electron chi connectivity index (χ3n) is 5.81. The predicted molar refractivity (Wildman–Crippen MR) is 135 cm³/mol. The van der Waals surface area contributed by atoms with Gasteiger partial charge in [-0.1, -0.05) is 18.2 Å². The van der Waals surface area contributed by atoms with Gasteiger partial charge in [0.15, 0.2) is 0 Å². The number of amides is 1. The maximum atomic E-state index is 14.4. The first kappa shape index (κ1) is 27.5. The first-order valence-electron chi connectivity index (χ1n) is 11.7. The topological polar surface area (TPSA) is 83.7 Å². The lowest BCUT2D eigenvalue weighted by atomic mass is 10.1. The minimum Gasteiger partial charge on any atom is -0.444 e. The number of rotatable bonds is 7. The Morgan fingerprint density at radius 2 is 1.81 bits per heavy atom. The molecule has 7 nitrogen and oxygen atoms in total. The molecule has 3 aromatic rings. The maximum Gasteiger partial charge on any atom is 0.413 e. The van der Waals surface area contributed by atoms with Crippen LogP contribution in [0, 0.1) is 0 Å². The normalized spacial score (nSPS) is 16.2. The summed E-state index contributed by atoms with van der Waals surface area (Å²) in [7, 11) is -1.66. The van der Waals surface area contributed by atoms with Crippen molar-refractivity contribution in [3.63, 3.8) is 0 Å². The molecule has 0 aliphatic carbocycles. The van der Waals surface area contributed by atoms with Crippen molar-refractivity contribution in [2.75, 3.05) is 13.1 Å². The zero-order valence-corrected chi connectivity index (χ0v) is 22.2. The molecule has 1 fully saturated rings. The Hall–Kier alpha value is -2.54. The Morgan fingerprint density at radius 3 is 2.43 bits per heavy atom. The van der Waals surface area contributed by atoms with Crippen LogP contribution in [-0.2, 0) is 26.6 Å². The molecule has 1 saturated heterocycles. The molecule has 4 rings (SSSR count). The van der Waals surface area contributed by atoms with Gasteiger partial charge in [-0.2, -0.15) is 8.78 Å². The molecule has 1 aliphatic rings. The molecule has 1 aliphatic heterocycles. The fraction of sp³-hybridized carbons (Fsp3) is 0.400. The summed E-state index contributed by atoms with van der Waals surface area (Å²) in [6.07, 6.45) is -1.78. The average molecular weight is 556 g/mol. The average Bonchev–Trinajstić information content (AvgIpc) is 3.30. The number of nitrogens with zero attached hydrogens (tertiary/aromatic N) is 1. The number of benzene rings is 2. The van der Waals surface area contributed by atoms with Crippen LogP contribution >= 0.6 is 11.9 Å². The Labute approximate surface area is 219 Å². The fourth-order valence-corrected chi connectivity index (χ4v) is 6.19.